The smallest absolute Gasteiger partial charge is 0.255 e. The maximum atomic E-state index is 8.88. The van der Waals surface area contributed by atoms with E-state index >= 15 is 0 Å². The van der Waals surface area contributed by atoms with Crippen molar-refractivity contribution in [3.63, 3.8) is 0 Å². The molecule has 0 unspecified atom stereocenters. The molecule has 0 N–H and O–H groups in total. The fourth-order valence-electron chi connectivity index (χ4n) is 2.71. The molecular formula is C21H14N5+. The highest BCUT2D eigenvalue weighted by Gasteiger charge is 2.11. The molecule has 0 radical (unpaired) electrons. The molecule has 0 aliphatic heterocycles. The third-order valence-corrected chi connectivity index (χ3v) is 4.00. The molecule has 0 saturated heterocycles. The van der Waals surface area contributed by atoms with Crippen LogP contribution < -0.4 is 0 Å². The van der Waals surface area contributed by atoms with Crippen LogP contribution in [0, 0.1) is 5.39 Å². The fraction of sp³-hybridized carbons (Fsp3) is 0. The Bertz CT molecular complexity index is 1010. The standard InChI is InChI=1S/C21H14N5/c22-26-17-9-7-15(8-10-17)16-13-20(18-5-1-3-11-23-18)25-21(14-16)19-6-2-4-12-24-19/h1-14H/q+1. The van der Waals surface area contributed by atoms with Crippen LogP contribution in [0.1, 0.15) is 0 Å². The molecule has 122 valence electrons. The Labute approximate surface area is 150 Å². The van der Waals surface area contributed by atoms with Gasteiger partial charge in [-0.25, -0.2) is 4.98 Å². The summed E-state index contributed by atoms with van der Waals surface area (Å²) in [6, 6.07) is 22.8. The van der Waals surface area contributed by atoms with Gasteiger partial charge in [-0.3, -0.25) is 9.97 Å². The van der Waals surface area contributed by atoms with Crippen LogP contribution in [0.2, 0.25) is 0 Å². The first-order valence-corrected chi connectivity index (χ1v) is 8.14. The van der Waals surface area contributed by atoms with Crippen molar-refractivity contribution in [2.24, 2.45) is 0 Å². The molecule has 0 spiro atoms. The average molecular weight is 336 g/mol. The van der Waals surface area contributed by atoms with Gasteiger partial charge in [0.1, 0.15) is 0 Å². The second-order valence-electron chi connectivity index (χ2n) is 5.70. The van der Waals surface area contributed by atoms with Gasteiger partial charge in [0.15, 0.2) is 4.98 Å². The van der Waals surface area contributed by atoms with Crippen molar-refractivity contribution in [1.82, 2.24) is 15.0 Å². The quantitative estimate of drug-likeness (QED) is 0.472. The van der Waals surface area contributed by atoms with Gasteiger partial charge in [-0.2, -0.15) is 0 Å². The normalized spacial score (nSPS) is 10.3. The summed E-state index contributed by atoms with van der Waals surface area (Å²) in [7, 11) is 0. The molecule has 0 fully saturated rings. The molecule has 0 amide bonds. The lowest BCUT2D eigenvalue weighted by Gasteiger charge is -2.09. The molecule has 5 heteroatoms. The number of pyridine rings is 3. The molecule has 1 aromatic carbocycles. The number of nitrogens with zero attached hydrogens (tertiary/aromatic N) is 5. The number of benzene rings is 1. The molecular weight excluding hydrogens is 322 g/mol. The second-order valence-corrected chi connectivity index (χ2v) is 5.70. The van der Waals surface area contributed by atoms with Gasteiger partial charge in [0.05, 0.1) is 22.8 Å². The van der Waals surface area contributed by atoms with Gasteiger partial charge in [-0.05, 0) is 59.7 Å². The molecule has 4 rings (SSSR count). The van der Waals surface area contributed by atoms with Crippen LogP contribution in [-0.2, 0) is 0 Å². The summed E-state index contributed by atoms with van der Waals surface area (Å²) in [5.41, 5.74) is 5.65. The van der Waals surface area contributed by atoms with E-state index < -0.39 is 0 Å². The molecule has 0 aliphatic rings. The van der Waals surface area contributed by atoms with E-state index in [1.165, 1.54) is 0 Å². The van der Waals surface area contributed by atoms with Crippen molar-refractivity contribution in [2.75, 3.05) is 0 Å². The van der Waals surface area contributed by atoms with Gasteiger partial charge >= 0.3 is 5.69 Å². The Hall–Kier alpha value is -3.91. The monoisotopic (exact) mass is 336 g/mol. The van der Waals surface area contributed by atoms with Crippen LogP contribution in [0.25, 0.3) is 38.9 Å². The molecule has 5 nitrogen and oxygen atoms in total. The fourth-order valence-corrected chi connectivity index (χ4v) is 2.71. The molecule has 26 heavy (non-hydrogen) atoms. The predicted octanol–water partition coefficient (Wildman–Crippen LogP) is 5.36. The Kier molecular flexibility index (Phi) is 4.15. The van der Waals surface area contributed by atoms with Crippen molar-refractivity contribution < 1.29 is 0 Å². The Balaban J connectivity index is 1.89. The maximum Gasteiger partial charge on any atom is 0.385 e. The van der Waals surface area contributed by atoms with E-state index in [1.807, 2.05) is 60.7 Å². The number of diazo groups is 1. The lowest BCUT2D eigenvalue weighted by atomic mass is 10.0. The van der Waals surface area contributed by atoms with Gasteiger partial charge in [0, 0.05) is 24.5 Å². The lowest BCUT2D eigenvalue weighted by Crippen LogP contribution is -1.93. The molecule has 0 bridgehead atoms. The SMILES string of the molecule is N#[N+]c1ccc(-c2cc(-c3ccccn3)nc(-c3ccccn3)c2)cc1. The second kappa shape index (κ2) is 6.91. The predicted molar refractivity (Wildman–Crippen MR) is 101 cm³/mol. The Morgan fingerprint density at radius 1 is 0.615 bits per heavy atom. The van der Waals surface area contributed by atoms with Crippen LogP contribution in [0.4, 0.5) is 5.69 Å². The summed E-state index contributed by atoms with van der Waals surface area (Å²) in [6.07, 6.45) is 3.50. The van der Waals surface area contributed by atoms with E-state index in [9.17, 15) is 0 Å². The Morgan fingerprint density at radius 3 is 1.65 bits per heavy atom. The lowest BCUT2D eigenvalue weighted by molar-refractivity contribution is 1.22. The third-order valence-electron chi connectivity index (χ3n) is 4.00. The molecule has 0 aliphatic carbocycles. The van der Waals surface area contributed by atoms with E-state index in [0.717, 1.165) is 33.9 Å². The van der Waals surface area contributed by atoms with Crippen molar-refractivity contribution in [3.8, 4) is 33.9 Å². The zero-order valence-corrected chi connectivity index (χ0v) is 13.8. The number of hydrogen-bond acceptors (Lipinski definition) is 4. The first-order chi connectivity index (χ1) is 12.8. The van der Waals surface area contributed by atoms with Crippen LogP contribution >= 0.6 is 0 Å². The van der Waals surface area contributed by atoms with Gasteiger partial charge in [0.2, 0.25) is 5.39 Å². The highest BCUT2D eigenvalue weighted by atomic mass is 14.8. The van der Waals surface area contributed by atoms with Crippen LogP contribution in [0.5, 0.6) is 0 Å². The number of rotatable bonds is 3. The van der Waals surface area contributed by atoms with Gasteiger partial charge in [-0.15, -0.1) is 0 Å². The summed E-state index contributed by atoms with van der Waals surface area (Å²) in [4.78, 5) is 16.8. The zero-order chi connectivity index (χ0) is 17.8. The Morgan fingerprint density at radius 2 is 1.19 bits per heavy atom. The van der Waals surface area contributed by atoms with E-state index in [0.29, 0.717) is 5.69 Å². The third kappa shape index (κ3) is 3.17. The highest BCUT2D eigenvalue weighted by molar-refractivity contribution is 5.75. The highest BCUT2D eigenvalue weighted by Crippen LogP contribution is 2.29. The largest absolute Gasteiger partial charge is 0.385 e. The van der Waals surface area contributed by atoms with Crippen molar-refractivity contribution in [3.05, 3.63) is 90.2 Å². The van der Waals surface area contributed by atoms with Crippen LogP contribution in [-0.4, -0.2) is 15.0 Å². The molecule has 4 aromatic rings. The average Bonchev–Trinajstić information content (AvgIpc) is 2.75. The van der Waals surface area contributed by atoms with Crippen molar-refractivity contribution >= 4 is 5.69 Å². The summed E-state index contributed by atoms with van der Waals surface area (Å²) in [5, 5.41) is 8.88. The number of hydrogen-bond donors (Lipinski definition) is 0. The first kappa shape index (κ1) is 15.6. The van der Waals surface area contributed by atoms with Crippen LogP contribution in [0.15, 0.2) is 85.2 Å². The summed E-state index contributed by atoms with van der Waals surface area (Å²) < 4.78 is 0. The summed E-state index contributed by atoms with van der Waals surface area (Å²) in [5.74, 6) is 0. The first-order valence-electron chi connectivity index (χ1n) is 8.14. The molecule has 0 atom stereocenters. The molecule has 0 saturated carbocycles. The van der Waals surface area contributed by atoms with Crippen molar-refractivity contribution in [1.29, 1.82) is 5.39 Å². The van der Waals surface area contributed by atoms with Gasteiger partial charge in [-0.1, -0.05) is 12.1 Å². The van der Waals surface area contributed by atoms with E-state index in [4.69, 9.17) is 10.4 Å². The van der Waals surface area contributed by atoms with Gasteiger partial charge < -0.3 is 0 Å². The maximum absolute atomic E-state index is 8.88. The minimum atomic E-state index is 0.512. The van der Waals surface area contributed by atoms with Crippen molar-refractivity contribution in [2.45, 2.75) is 0 Å². The van der Waals surface area contributed by atoms with Crippen LogP contribution in [0.3, 0.4) is 0 Å². The van der Waals surface area contributed by atoms with Gasteiger partial charge in [0.25, 0.3) is 0 Å². The summed E-state index contributed by atoms with van der Waals surface area (Å²) >= 11 is 0. The molecule has 3 heterocycles. The summed E-state index contributed by atoms with van der Waals surface area (Å²) in [6.45, 7) is 0. The van der Waals surface area contributed by atoms with E-state index in [1.54, 1.807) is 24.5 Å². The van der Waals surface area contributed by atoms with E-state index in [2.05, 4.69) is 14.9 Å². The zero-order valence-electron chi connectivity index (χ0n) is 13.8. The molecule has 3 aromatic heterocycles. The topological polar surface area (TPSA) is 66.8 Å². The van der Waals surface area contributed by atoms with E-state index in [-0.39, 0.29) is 0 Å². The minimum absolute atomic E-state index is 0.512. The minimum Gasteiger partial charge on any atom is -0.255 e. The number of aromatic nitrogens is 3.